The van der Waals surface area contributed by atoms with Gasteiger partial charge in [0, 0.05) is 17.2 Å². The number of aryl methyl sites for hydroxylation is 1. The average Bonchev–Trinajstić information content (AvgIpc) is 2.45. The Morgan fingerprint density at radius 2 is 1.91 bits per heavy atom. The van der Waals surface area contributed by atoms with Gasteiger partial charge in [-0.1, -0.05) is 29.8 Å². The van der Waals surface area contributed by atoms with Gasteiger partial charge in [0.25, 0.3) is 10.0 Å². The summed E-state index contributed by atoms with van der Waals surface area (Å²) in [5.41, 5.74) is 1.91. The molecule has 2 aromatic rings. The first-order valence-electron chi connectivity index (χ1n) is 6.88. The molecule has 2 rings (SSSR count). The summed E-state index contributed by atoms with van der Waals surface area (Å²) < 4.78 is 33.1. The molecule has 0 fully saturated rings. The Balaban J connectivity index is 2.33. The van der Waals surface area contributed by atoms with Gasteiger partial charge >= 0.3 is 0 Å². The van der Waals surface area contributed by atoms with Crippen molar-refractivity contribution in [3.05, 3.63) is 58.6 Å². The van der Waals surface area contributed by atoms with Gasteiger partial charge in [0.1, 0.15) is 0 Å². The first kappa shape index (κ1) is 16.8. The summed E-state index contributed by atoms with van der Waals surface area (Å²) >= 11 is 5.88. The van der Waals surface area contributed by atoms with E-state index in [0.717, 1.165) is 5.56 Å². The van der Waals surface area contributed by atoms with Crippen LogP contribution in [0.25, 0.3) is 0 Å². The van der Waals surface area contributed by atoms with Crippen LogP contribution < -0.4 is 4.72 Å². The van der Waals surface area contributed by atoms with Gasteiger partial charge in [-0.25, -0.2) is 8.42 Å². The Bertz CT molecular complexity index is 760. The van der Waals surface area contributed by atoms with E-state index >= 15 is 0 Å². The highest BCUT2D eigenvalue weighted by Gasteiger charge is 2.18. The third-order valence-corrected chi connectivity index (χ3v) is 4.91. The van der Waals surface area contributed by atoms with Crippen LogP contribution in [0, 0.1) is 6.92 Å². The topological polar surface area (TPSA) is 55.4 Å². The van der Waals surface area contributed by atoms with Gasteiger partial charge < -0.3 is 4.74 Å². The molecule has 0 saturated heterocycles. The predicted octanol–water partition coefficient (Wildman–Crippen LogP) is 3.99. The van der Waals surface area contributed by atoms with E-state index in [-0.39, 0.29) is 4.90 Å². The fourth-order valence-corrected chi connectivity index (χ4v) is 3.63. The number of anilines is 1. The quantitative estimate of drug-likeness (QED) is 0.865. The number of benzene rings is 2. The summed E-state index contributed by atoms with van der Waals surface area (Å²) in [6.07, 6.45) is 0. The van der Waals surface area contributed by atoms with E-state index in [1.54, 1.807) is 31.2 Å². The molecule has 118 valence electrons. The highest BCUT2D eigenvalue weighted by molar-refractivity contribution is 7.92. The van der Waals surface area contributed by atoms with Gasteiger partial charge in [-0.3, -0.25) is 4.72 Å². The lowest BCUT2D eigenvalue weighted by atomic mass is 10.2. The molecule has 0 aliphatic carbocycles. The second kappa shape index (κ2) is 7.13. The van der Waals surface area contributed by atoms with Gasteiger partial charge in [-0.2, -0.15) is 0 Å². The zero-order valence-electron chi connectivity index (χ0n) is 12.5. The third kappa shape index (κ3) is 4.00. The molecule has 1 N–H and O–H groups in total. The van der Waals surface area contributed by atoms with Crippen LogP contribution in [0.4, 0.5) is 5.69 Å². The minimum Gasteiger partial charge on any atom is -0.377 e. The van der Waals surface area contributed by atoms with Crippen molar-refractivity contribution in [2.75, 3.05) is 11.3 Å². The predicted molar refractivity (Wildman–Crippen MR) is 88.8 cm³/mol. The molecule has 0 aliphatic heterocycles. The van der Waals surface area contributed by atoms with E-state index in [1.807, 2.05) is 19.1 Å². The van der Waals surface area contributed by atoms with Gasteiger partial charge in [-0.15, -0.1) is 0 Å². The van der Waals surface area contributed by atoms with Crippen molar-refractivity contribution in [2.24, 2.45) is 0 Å². The monoisotopic (exact) mass is 339 g/mol. The molecule has 0 atom stereocenters. The second-order valence-electron chi connectivity index (χ2n) is 4.81. The molecular formula is C16H18ClNO3S. The maximum Gasteiger partial charge on any atom is 0.262 e. The lowest BCUT2D eigenvalue weighted by molar-refractivity contribution is 0.134. The number of ether oxygens (including phenoxy) is 1. The standard InChI is InChI=1S/C16H18ClNO3S/c1-3-21-11-13-6-4-5-7-15(13)18-22(19,20)16-9-8-14(17)10-12(16)2/h4-10,18H,3,11H2,1-2H3. The molecule has 2 aromatic carbocycles. The van der Waals surface area contributed by atoms with Crippen LogP contribution in [0.5, 0.6) is 0 Å². The minimum atomic E-state index is -3.67. The van der Waals surface area contributed by atoms with Gasteiger partial charge in [0.2, 0.25) is 0 Å². The molecule has 0 unspecified atom stereocenters. The van der Waals surface area contributed by atoms with Gasteiger partial charge in [0.15, 0.2) is 0 Å². The van der Waals surface area contributed by atoms with Crippen LogP contribution in [0.1, 0.15) is 18.1 Å². The van der Waals surface area contributed by atoms with E-state index in [2.05, 4.69) is 4.72 Å². The Hall–Kier alpha value is -1.56. The van der Waals surface area contributed by atoms with Crippen molar-refractivity contribution in [2.45, 2.75) is 25.3 Å². The number of nitrogens with one attached hydrogen (secondary N) is 1. The van der Waals surface area contributed by atoms with Crippen LogP contribution in [0.2, 0.25) is 5.02 Å². The largest absolute Gasteiger partial charge is 0.377 e. The number of hydrogen-bond acceptors (Lipinski definition) is 3. The Morgan fingerprint density at radius 1 is 1.18 bits per heavy atom. The Morgan fingerprint density at radius 3 is 2.59 bits per heavy atom. The molecular weight excluding hydrogens is 322 g/mol. The Kier molecular flexibility index (Phi) is 5.45. The van der Waals surface area contributed by atoms with E-state index < -0.39 is 10.0 Å². The van der Waals surface area contributed by atoms with E-state index in [0.29, 0.717) is 29.5 Å². The lowest BCUT2D eigenvalue weighted by Crippen LogP contribution is -2.15. The van der Waals surface area contributed by atoms with Crippen molar-refractivity contribution in [1.82, 2.24) is 0 Å². The molecule has 0 aliphatic rings. The van der Waals surface area contributed by atoms with Crippen LogP contribution in [-0.4, -0.2) is 15.0 Å². The summed E-state index contributed by atoms with van der Waals surface area (Å²) in [5, 5.41) is 0.508. The number of hydrogen-bond donors (Lipinski definition) is 1. The fourth-order valence-electron chi connectivity index (χ4n) is 2.07. The molecule has 0 amide bonds. The maximum absolute atomic E-state index is 12.6. The molecule has 0 heterocycles. The van der Waals surface area contributed by atoms with Gasteiger partial charge in [-0.05, 0) is 43.7 Å². The number of rotatable bonds is 6. The van der Waals surface area contributed by atoms with E-state index in [1.165, 1.54) is 6.07 Å². The molecule has 4 nitrogen and oxygen atoms in total. The van der Waals surface area contributed by atoms with Crippen molar-refractivity contribution < 1.29 is 13.2 Å². The highest BCUT2D eigenvalue weighted by Crippen LogP contribution is 2.24. The fraction of sp³-hybridized carbons (Fsp3) is 0.250. The average molecular weight is 340 g/mol. The number of halogens is 1. The van der Waals surface area contributed by atoms with E-state index in [9.17, 15) is 8.42 Å². The lowest BCUT2D eigenvalue weighted by Gasteiger charge is -2.14. The SMILES string of the molecule is CCOCc1ccccc1NS(=O)(=O)c1ccc(Cl)cc1C. The number of para-hydroxylation sites is 1. The third-order valence-electron chi connectivity index (χ3n) is 3.15. The zero-order chi connectivity index (χ0) is 16.2. The molecule has 0 spiro atoms. The van der Waals surface area contributed by atoms with Crippen LogP contribution >= 0.6 is 11.6 Å². The van der Waals surface area contributed by atoms with Crippen molar-refractivity contribution >= 4 is 27.3 Å². The van der Waals surface area contributed by atoms with Crippen LogP contribution in [0.15, 0.2) is 47.4 Å². The summed E-state index contributed by atoms with van der Waals surface area (Å²) in [4.78, 5) is 0.211. The van der Waals surface area contributed by atoms with Gasteiger partial charge in [0.05, 0.1) is 17.2 Å². The second-order valence-corrected chi connectivity index (χ2v) is 6.90. The smallest absolute Gasteiger partial charge is 0.262 e. The zero-order valence-corrected chi connectivity index (χ0v) is 14.0. The van der Waals surface area contributed by atoms with Crippen molar-refractivity contribution in [3.8, 4) is 0 Å². The molecule has 22 heavy (non-hydrogen) atoms. The Labute approximate surface area is 136 Å². The number of sulfonamides is 1. The van der Waals surface area contributed by atoms with E-state index in [4.69, 9.17) is 16.3 Å². The summed E-state index contributed by atoms with van der Waals surface area (Å²) in [6.45, 7) is 4.53. The summed E-state index contributed by atoms with van der Waals surface area (Å²) in [6, 6.07) is 11.9. The molecule has 0 saturated carbocycles. The first-order chi connectivity index (χ1) is 10.4. The molecule has 0 bridgehead atoms. The minimum absolute atomic E-state index is 0.211. The van der Waals surface area contributed by atoms with Crippen molar-refractivity contribution in [3.63, 3.8) is 0 Å². The summed E-state index contributed by atoms with van der Waals surface area (Å²) in [5.74, 6) is 0. The first-order valence-corrected chi connectivity index (χ1v) is 8.75. The highest BCUT2D eigenvalue weighted by atomic mass is 35.5. The van der Waals surface area contributed by atoms with Crippen LogP contribution in [0.3, 0.4) is 0 Å². The van der Waals surface area contributed by atoms with Crippen molar-refractivity contribution in [1.29, 1.82) is 0 Å². The summed E-state index contributed by atoms with van der Waals surface area (Å²) in [7, 11) is -3.67. The molecule has 6 heteroatoms. The normalized spacial score (nSPS) is 11.4. The molecule has 0 aromatic heterocycles. The maximum atomic E-state index is 12.6. The molecule has 0 radical (unpaired) electrons. The van der Waals surface area contributed by atoms with Crippen LogP contribution in [-0.2, 0) is 21.4 Å².